The number of hydrogen-bond acceptors (Lipinski definition) is 2. The summed E-state index contributed by atoms with van der Waals surface area (Å²) >= 11 is 6.04. The van der Waals surface area contributed by atoms with Crippen molar-refractivity contribution in [2.24, 2.45) is 5.92 Å². The Hall–Kier alpha value is -1.22. The van der Waals surface area contributed by atoms with E-state index in [1.54, 1.807) is 19.1 Å². The van der Waals surface area contributed by atoms with Crippen LogP contribution in [0.25, 0.3) is 0 Å². The zero-order valence-corrected chi connectivity index (χ0v) is 11.1. The average molecular weight is 256 g/mol. The summed E-state index contributed by atoms with van der Waals surface area (Å²) < 4.78 is 0. The first kappa shape index (κ1) is 13.8. The van der Waals surface area contributed by atoms with E-state index in [2.05, 4.69) is 5.32 Å². The van der Waals surface area contributed by atoms with Crippen LogP contribution in [0.4, 0.5) is 0 Å². The molecule has 3 nitrogen and oxygen atoms in total. The van der Waals surface area contributed by atoms with Crippen molar-refractivity contribution in [1.82, 2.24) is 5.32 Å². The first-order valence-corrected chi connectivity index (χ1v) is 6.07. The summed E-state index contributed by atoms with van der Waals surface area (Å²) in [6, 6.07) is 4.86. The van der Waals surface area contributed by atoms with Gasteiger partial charge in [0.2, 0.25) is 0 Å². The third kappa shape index (κ3) is 3.93. The fourth-order valence-corrected chi connectivity index (χ4v) is 1.36. The second-order valence-corrected chi connectivity index (χ2v) is 5.03. The Kier molecular flexibility index (Phi) is 4.82. The minimum absolute atomic E-state index is 0.0852. The maximum atomic E-state index is 11.8. The average Bonchev–Trinajstić information content (AvgIpc) is 2.28. The van der Waals surface area contributed by atoms with Gasteiger partial charge in [0.25, 0.3) is 5.91 Å². The van der Waals surface area contributed by atoms with Crippen molar-refractivity contribution in [1.29, 1.82) is 0 Å². The molecule has 0 saturated heterocycles. The van der Waals surface area contributed by atoms with Crippen LogP contribution in [0.1, 0.15) is 29.8 Å². The van der Waals surface area contributed by atoms with E-state index in [1.165, 1.54) is 6.07 Å². The van der Waals surface area contributed by atoms with Gasteiger partial charge in [0.05, 0.1) is 5.38 Å². The van der Waals surface area contributed by atoms with Crippen LogP contribution < -0.4 is 5.32 Å². The van der Waals surface area contributed by atoms with Gasteiger partial charge in [-0.2, -0.15) is 0 Å². The third-order valence-electron chi connectivity index (χ3n) is 2.65. The van der Waals surface area contributed by atoms with Crippen molar-refractivity contribution in [3.63, 3.8) is 0 Å². The number of nitrogens with one attached hydrogen (secondary N) is 1. The molecule has 0 heterocycles. The molecule has 0 fully saturated rings. The molecule has 0 aliphatic heterocycles. The predicted octanol–water partition coefficient (Wildman–Crippen LogP) is 2.69. The van der Waals surface area contributed by atoms with E-state index in [0.29, 0.717) is 18.0 Å². The van der Waals surface area contributed by atoms with Crippen molar-refractivity contribution in [3.05, 3.63) is 29.3 Å². The van der Waals surface area contributed by atoms with Crippen molar-refractivity contribution < 1.29 is 9.90 Å². The van der Waals surface area contributed by atoms with E-state index in [4.69, 9.17) is 11.6 Å². The lowest BCUT2D eigenvalue weighted by Crippen LogP contribution is -2.31. The number of rotatable bonds is 4. The molecule has 0 spiro atoms. The quantitative estimate of drug-likeness (QED) is 0.813. The predicted molar refractivity (Wildman–Crippen MR) is 69.7 cm³/mol. The molecule has 1 unspecified atom stereocenters. The summed E-state index contributed by atoms with van der Waals surface area (Å²) in [7, 11) is 0. The fraction of sp³-hybridized carbons (Fsp3) is 0.462. The Balaban J connectivity index is 2.61. The summed E-state index contributed by atoms with van der Waals surface area (Å²) in [6.07, 6.45) is 0. The van der Waals surface area contributed by atoms with Gasteiger partial charge in [0, 0.05) is 12.1 Å². The molecule has 0 radical (unpaired) electrons. The van der Waals surface area contributed by atoms with Gasteiger partial charge in [-0.3, -0.25) is 4.79 Å². The van der Waals surface area contributed by atoms with E-state index < -0.39 is 0 Å². The van der Waals surface area contributed by atoms with Crippen LogP contribution in [-0.4, -0.2) is 22.9 Å². The minimum atomic E-state index is -0.216. The molecule has 1 amide bonds. The van der Waals surface area contributed by atoms with Gasteiger partial charge in [0.15, 0.2) is 0 Å². The Morgan fingerprint density at radius 2 is 2.12 bits per heavy atom. The highest BCUT2D eigenvalue weighted by atomic mass is 35.5. The molecule has 0 saturated carbocycles. The molecule has 17 heavy (non-hydrogen) atoms. The monoisotopic (exact) mass is 255 g/mol. The van der Waals surface area contributed by atoms with E-state index in [-0.39, 0.29) is 17.0 Å². The van der Waals surface area contributed by atoms with Crippen LogP contribution in [0.5, 0.6) is 5.75 Å². The molecule has 94 valence electrons. The second kappa shape index (κ2) is 5.92. The summed E-state index contributed by atoms with van der Waals surface area (Å²) in [6.45, 7) is 6.21. The minimum Gasteiger partial charge on any atom is -0.508 e. The number of aryl methyl sites for hydroxylation is 1. The molecule has 4 heteroatoms. The van der Waals surface area contributed by atoms with Crippen molar-refractivity contribution in [3.8, 4) is 5.75 Å². The number of hydrogen-bond donors (Lipinski definition) is 2. The highest BCUT2D eigenvalue weighted by molar-refractivity contribution is 6.21. The van der Waals surface area contributed by atoms with E-state index >= 15 is 0 Å². The van der Waals surface area contributed by atoms with Crippen LogP contribution in [-0.2, 0) is 0 Å². The van der Waals surface area contributed by atoms with Gasteiger partial charge >= 0.3 is 0 Å². The normalized spacial score (nSPS) is 12.5. The summed E-state index contributed by atoms with van der Waals surface area (Å²) in [4.78, 5) is 11.8. The molecule has 1 aromatic carbocycles. The van der Waals surface area contributed by atoms with Gasteiger partial charge in [-0.05, 0) is 30.5 Å². The van der Waals surface area contributed by atoms with Gasteiger partial charge in [0.1, 0.15) is 5.75 Å². The third-order valence-corrected chi connectivity index (χ3v) is 3.31. The number of phenols is 1. The van der Waals surface area contributed by atoms with Crippen molar-refractivity contribution in [2.75, 3.05) is 6.54 Å². The molecular weight excluding hydrogens is 238 g/mol. The largest absolute Gasteiger partial charge is 0.508 e. The van der Waals surface area contributed by atoms with Crippen molar-refractivity contribution in [2.45, 2.75) is 26.1 Å². The lowest BCUT2D eigenvalue weighted by atomic mass is 10.1. The lowest BCUT2D eigenvalue weighted by molar-refractivity contribution is 0.0952. The standard InChI is InChI=1S/C13H18ClNO2/c1-8(2)11(14)7-15-13(17)10-5-4-9(3)12(16)6-10/h4-6,8,11,16H,7H2,1-3H3,(H,15,17). The van der Waals surface area contributed by atoms with Gasteiger partial charge in [-0.1, -0.05) is 19.9 Å². The molecule has 1 aromatic rings. The molecule has 1 atom stereocenters. The number of benzene rings is 1. The lowest BCUT2D eigenvalue weighted by Gasteiger charge is -2.14. The number of halogens is 1. The maximum Gasteiger partial charge on any atom is 0.251 e. The van der Waals surface area contributed by atoms with Crippen molar-refractivity contribution >= 4 is 17.5 Å². The number of aromatic hydroxyl groups is 1. The van der Waals surface area contributed by atoms with Crippen LogP contribution in [0.15, 0.2) is 18.2 Å². The highest BCUT2D eigenvalue weighted by Gasteiger charge is 2.12. The van der Waals surface area contributed by atoms with Gasteiger partial charge in [-0.25, -0.2) is 0 Å². The molecule has 0 aliphatic rings. The Labute approximate surface area is 107 Å². The second-order valence-electron chi connectivity index (χ2n) is 4.47. The molecular formula is C13H18ClNO2. The first-order chi connectivity index (χ1) is 7.91. The van der Waals surface area contributed by atoms with Gasteiger partial charge in [-0.15, -0.1) is 11.6 Å². The Morgan fingerprint density at radius 1 is 1.47 bits per heavy atom. The number of carbonyl (C=O) groups is 1. The maximum absolute atomic E-state index is 11.8. The van der Waals surface area contributed by atoms with Gasteiger partial charge < -0.3 is 10.4 Å². The van der Waals surface area contributed by atoms with Crippen LogP contribution in [0, 0.1) is 12.8 Å². The fourth-order valence-electron chi connectivity index (χ4n) is 1.28. The van der Waals surface area contributed by atoms with Crippen LogP contribution >= 0.6 is 11.6 Å². The first-order valence-electron chi connectivity index (χ1n) is 5.63. The summed E-state index contributed by atoms with van der Waals surface area (Å²) in [5, 5.41) is 12.2. The van der Waals surface area contributed by atoms with E-state index in [1.807, 2.05) is 13.8 Å². The summed E-state index contributed by atoms with van der Waals surface area (Å²) in [5.74, 6) is 0.221. The van der Waals surface area contributed by atoms with Crippen LogP contribution in [0.3, 0.4) is 0 Å². The SMILES string of the molecule is Cc1ccc(C(=O)NCC(Cl)C(C)C)cc1O. The smallest absolute Gasteiger partial charge is 0.251 e. The number of carbonyl (C=O) groups excluding carboxylic acids is 1. The Bertz CT molecular complexity index is 404. The zero-order valence-electron chi connectivity index (χ0n) is 10.3. The number of alkyl halides is 1. The van der Waals surface area contributed by atoms with E-state index in [0.717, 1.165) is 5.56 Å². The molecule has 0 aromatic heterocycles. The zero-order chi connectivity index (χ0) is 13.0. The number of phenolic OH excluding ortho intramolecular Hbond substituents is 1. The summed E-state index contributed by atoms with van der Waals surface area (Å²) in [5.41, 5.74) is 1.19. The van der Waals surface area contributed by atoms with E-state index in [9.17, 15) is 9.90 Å². The number of amides is 1. The topological polar surface area (TPSA) is 49.3 Å². The molecule has 0 bridgehead atoms. The molecule has 1 rings (SSSR count). The van der Waals surface area contributed by atoms with Crippen LogP contribution in [0.2, 0.25) is 0 Å². The highest BCUT2D eigenvalue weighted by Crippen LogP contribution is 2.17. The Morgan fingerprint density at radius 3 is 2.65 bits per heavy atom. The molecule has 0 aliphatic carbocycles. The molecule has 2 N–H and O–H groups in total.